The molecule has 22 heavy (non-hydrogen) atoms. The molecule has 0 aliphatic rings. The summed E-state index contributed by atoms with van der Waals surface area (Å²) < 4.78 is 3.95. The second kappa shape index (κ2) is 7.24. The van der Waals surface area contributed by atoms with Gasteiger partial charge in [0.2, 0.25) is 0 Å². The third-order valence-electron chi connectivity index (χ3n) is 2.88. The van der Waals surface area contributed by atoms with E-state index in [1.54, 1.807) is 13.0 Å². The van der Waals surface area contributed by atoms with Crippen LogP contribution in [0.3, 0.4) is 0 Å². The number of nitrogens with zero attached hydrogens (tertiary/aromatic N) is 1. The predicted octanol–water partition coefficient (Wildman–Crippen LogP) is 2.06. The first-order valence-corrected chi connectivity index (χ1v) is 7.74. The number of nitrogen functional groups attached to an aromatic ring is 1. The Labute approximate surface area is 136 Å². The second-order valence-corrected chi connectivity index (χ2v) is 5.59. The molecular formula is C14H15ClN4O2S. The van der Waals surface area contributed by atoms with Crippen LogP contribution in [0.4, 0.5) is 5.69 Å². The first-order valence-electron chi connectivity index (χ1n) is 6.59. The molecule has 0 spiro atoms. The summed E-state index contributed by atoms with van der Waals surface area (Å²) in [6, 6.07) is 7.21. The highest BCUT2D eigenvalue weighted by Gasteiger charge is 2.21. The lowest BCUT2D eigenvalue weighted by atomic mass is 10.2. The van der Waals surface area contributed by atoms with E-state index in [1.165, 1.54) is 0 Å². The zero-order chi connectivity index (χ0) is 16.1. The molecule has 116 valence electrons. The number of carbonyl (C=O) groups excluding carboxylic acids is 2. The molecule has 0 radical (unpaired) electrons. The van der Waals surface area contributed by atoms with Crippen LogP contribution < -0.4 is 16.4 Å². The van der Waals surface area contributed by atoms with Crippen LogP contribution in [0.2, 0.25) is 5.02 Å². The molecule has 0 unspecified atom stereocenters. The number of halogens is 1. The molecule has 0 fully saturated rings. The van der Waals surface area contributed by atoms with Gasteiger partial charge in [-0.25, -0.2) is 0 Å². The highest BCUT2D eigenvalue weighted by molar-refractivity contribution is 7.09. The molecule has 1 heterocycles. The quantitative estimate of drug-likeness (QED) is 0.777. The lowest BCUT2D eigenvalue weighted by Crippen LogP contribution is -2.25. The van der Waals surface area contributed by atoms with Crippen molar-refractivity contribution in [3.05, 3.63) is 45.4 Å². The molecule has 0 saturated heterocycles. The lowest BCUT2D eigenvalue weighted by molar-refractivity contribution is 0.0950. The third-order valence-corrected chi connectivity index (χ3v) is 4.11. The van der Waals surface area contributed by atoms with Crippen LogP contribution in [0.1, 0.15) is 32.6 Å². The summed E-state index contributed by atoms with van der Waals surface area (Å²) in [7, 11) is 0. The Morgan fingerprint density at radius 2 is 2.00 bits per heavy atom. The minimum absolute atomic E-state index is 0.0785. The van der Waals surface area contributed by atoms with Crippen LogP contribution in [0.25, 0.3) is 0 Å². The first kappa shape index (κ1) is 16.3. The molecule has 2 amide bonds. The molecule has 0 saturated carbocycles. The van der Waals surface area contributed by atoms with Gasteiger partial charge >= 0.3 is 0 Å². The molecule has 1 aromatic carbocycles. The normalized spacial score (nSPS) is 10.3. The summed E-state index contributed by atoms with van der Waals surface area (Å²) in [6.07, 6.45) is 0. The van der Waals surface area contributed by atoms with E-state index in [-0.39, 0.29) is 34.6 Å². The van der Waals surface area contributed by atoms with Gasteiger partial charge in [0.15, 0.2) is 5.69 Å². The maximum Gasteiger partial charge on any atom is 0.273 e. The zero-order valence-corrected chi connectivity index (χ0v) is 13.4. The monoisotopic (exact) mass is 338 g/mol. The zero-order valence-electron chi connectivity index (χ0n) is 11.9. The summed E-state index contributed by atoms with van der Waals surface area (Å²) in [5.74, 6) is -0.771. The van der Waals surface area contributed by atoms with Crippen LogP contribution in [-0.2, 0) is 6.54 Å². The number of nitrogens with one attached hydrogen (secondary N) is 2. The lowest BCUT2D eigenvalue weighted by Gasteiger charge is -2.06. The van der Waals surface area contributed by atoms with Gasteiger partial charge in [0.05, 0.1) is 5.69 Å². The van der Waals surface area contributed by atoms with Gasteiger partial charge in [0, 0.05) is 18.1 Å². The fraction of sp³-hybridized carbons (Fsp3) is 0.214. The number of aromatic nitrogens is 1. The average molecular weight is 339 g/mol. The molecule has 0 bridgehead atoms. The van der Waals surface area contributed by atoms with Crippen LogP contribution in [0, 0.1) is 0 Å². The van der Waals surface area contributed by atoms with E-state index in [0.717, 1.165) is 17.1 Å². The number of rotatable bonds is 5. The van der Waals surface area contributed by atoms with Gasteiger partial charge < -0.3 is 16.4 Å². The van der Waals surface area contributed by atoms with E-state index in [1.807, 2.05) is 18.2 Å². The van der Waals surface area contributed by atoms with Gasteiger partial charge in [-0.15, -0.1) is 0 Å². The van der Waals surface area contributed by atoms with Crippen molar-refractivity contribution in [2.24, 2.45) is 0 Å². The maximum absolute atomic E-state index is 12.1. The first-order chi connectivity index (χ1) is 10.5. The Hall–Kier alpha value is -2.12. The Bertz CT molecular complexity index is 702. The van der Waals surface area contributed by atoms with Crippen molar-refractivity contribution in [1.29, 1.82) is 0 Å². The molecule has 0 aliphatic heterocycles. The summed E-state index contributed by atoms with van der Waals surface area (Å²) in [4.78, 5) is 24.1. The molecule has 4 N–H and O–H groups in total. The fourth-order valence-corrected chi connectivity index (χ4v) is 2.68. The van der Waals surface area contributed by atoms with Gasteiger partial charge in [0.25, 0.3) is 11.8 Å². The van der Waals surface area contributed by atoms with Crippen LogP contribution in [0.15, 0.2) is 24.3 Å². The van der Waals surface area contributed by atoms with Gasteiger partial charge in [-0.3, -0.25) is 9.59 Å². The van der Waals surface area contributed by atoms with Gasteiger partial charge in [-0.2, -0.15) is 4.37 Å². The van der Waals surface area contributed by atoms with Crippen molar-refractivity contribution < 1.29 is 9.59 Å². The number of hydrogen-bond acceptors (Lipinski definition) is 5. The highest BCUT2D eigenvalue weighted by atomic mass is 35.5. The van der Waals surface area contributed by atoms with Crippen molar-refractivity contribution in [2.45, 2.75) is 13.5 Å². The summed E-state index contributed by atoms with van der Waals surface area (Å²) in [6.45, 7) is 2.52. The largest absolute Gasteiger partial charge is 0.395 e. The Morgan fingerprint density at radius 1 is 1.27 bits per heavy atom. The summed E-state index contributed by atoms with van der Waals surface area (Å²) in [5, 5.41) is 5.89. The standard InChI is InChI=1S/C14H15ClN4O2S/c1-2-17-13(20)11-10(16)12(22-19-11)14(21)18-7-8-5-3-4-6-9(8)15/h3-6H,2,7,16H2,1H3,(H,17,20)(H,18,21). The van der Waals surface area contributed by atoms with Crippen molar-refractivity contribution in [1.82, 2.24) is 15.0 Å². The summed E-state index contributed by atoms with van der Waals surface area (Å²) >= 11 is 6.92. The number of anilines is 1. The topological polar surface area (TPSA) is 97.1 Å². The van der Waals surface area contributed by atoms with Crippen LogP contribution in [0.5, 0.6) is 0 Å². The minimum atomic E-state index is -0.388. The maximum atomic E-state index is 12.1. The van der Waals surface area contributed by atoms with Crippen molar-refractivity contribution in [3.63, 3.8) is 0 Å². The predicted molar refractivity (Wildman–Crippen MR) is 87.2 cm³/mol. The van der Waals surface area contributed by atoms with E-state index in [2.05, 4.69) is 15.0 Å². The van der Waals surface area contributed by atoms with Crippen molar-refractivity contribution in [2.75, 3.05) is 12.3 Å². The van der Waals surface area contributed by atoms with Gasteiger partial charge in [-0.05, 0) is 30.1 Å². The molecule has 6 nitrogen and oxygen atoms in total. The molecule has 1 aromatic heterocycles. The molecule has 2 rings (SSSR count). The van der Waals surface area contributed by atoms with Crippen LogP contribution in [-0.4, -0.2) is 22.7 Å². The number of nitrogens with two attached hydrogens (primary N) is 1. The van der Waals surface area contributed by atoms with E-state index in [9.17, 15) is 9.59 Å². The number of hydrogen-bond donors (Lipinski definition) is 3. The second-order valence-electron chi connectivity index (χ2n) is 4.41. The van der Waals surface area contributed by atoms with E-state index in [0.29, 0.717) is 11.6 Å². The molecule has 2 aromatic rings. The Morgan fingerprint density at radius 3 is 2.68 bits per heavy atom. The van der Waals surface area contributed by atoms with E-state index in [4.69, 9.17) is 17.3 Å². The minimum Gasteiger partial charge on any atom is -0.395 e. The number of carbonyl (C=O) groups is 2. The highest BCUT2D eigenvalue weighted by Crippen LogP contribution is 2.22. The van der Waals surface area contributed by atoms with Crippen molar-refractivity contribution in [3.8, 4) is 0 Å². The Kier molecular flexibility index (Phi) is 5.35. The molecule has 0 aliphatic carbocycles. The van der Waals surface area contributed by atoms with Gasteiger partial charge in [-0.1, -0.05) is 29.8 Å². The van der Waals surface area contributed by atoms with Crippen molar-refractivity contribution >= 4 is 40.6 Å². The Balaban J connectivity index is 2.07. The average Bonchev–Trinajstić information content (AvgIpc) is 2.88. The number of benzene rings is 1. The number of amides is 2. The molecule has 0 atom stereocenters. The van der Waals surface area contributed by atoms with Gasteiger partial charge in [0.1, 0.15) is 4.88 Å². The van der Waals surface area contributed by atoms with E-state index >= 15 is 0 Å². The fourth-order valence-electron chi connectivity index (χ4n) is 1.77. The summed E-state index contributed by atoms with van der Waals surface area (Å²) in [5.41, 5.74) is 6.80. The molecule has 8 heteroatoms. The SMILES string of the molecule is CCNC(=O)c1nsc(C(=O)NCc2ccccc2Cl)c1N. The smallest absolute Gasteiger partial charge is 0.273 e. The van der Waals surface area contributed by atoms with E-state index < -0.39 is 0 Å². The van der Waals surface area contributed by atoms with Crippen LogP contribution >= 0.6 is 23.1 Å². The third kappa shape index (κ3) is 3.55. The molecular weight excluding hydrogens is 324 g/mol.